The molecule has 4 amide bonds. The Morgan fingerprint density at radius 3 is 1.22 bits per heavy atom. The summed E-state index contributed by atoms with van der Waals surface area (Å²) < 4.78 is 0. The zero-order valence-corrected chi connectivity index (χ0v) is 41.4. The van der Waals surface area contributed by atoms with Crippen LogP contribution in [0.1, 0.15) is 189 Å². The average molecular weight is 903 g/mol. The van der Waals surface area contributed by atoms with E-state index in [1.54, 1.807) is 0 Å². The van der Waals surface area contributed by atoms with Crippen LogP contribution in [0, 0.1) is 92.7 Å². The summed E-state index contributed by atoms with van der Waals surface area (Å²) >= 11 is 0. The molecule has 13 rings (SSSR count). The van der Waals surface area contributed by atoms with Crippen LogP contribution in [0.15, 0.2) is 0 Å². The number of nitrogens with one attached hydrogen (secondary N) is 4. The summed E-state index contributed by atoms with van der Waals surface area (Å²) in [5.41, 5.74) is 0.696. The molecule has 0 aromatic carbocycles. The number of carbonyl (C=O) groups excluding carboxylic acids is 4. The molecule has 0 radical (unpaired) electrons. The lowest BCUT2D eigenvalue weighted by Gasteiger charge is -2.62. The lowest BCUT2D eigenvalue weighted by Crippen LogP contribution is -2.59. The summed E-state index contributed by atoms with van der Waals surface area (Å²) in [7, 11) is 0. The quantitative estimate of drug-likeness (QED) is 0.143. The van der Waals surface area contributed by atoms with Crippen molar-refractivity contribution in [2.75, 3.05) is 13.1 Å². The molecule has 20 atom stereocenters. The molecule has 0 spiro atoms. The van der Waals surface area contributed by atoms with Crippen LogP contribution in [0.4, 0.5) is 0 Å². The van der Waals surface area contributed by atoms with E-state index in [-0.39, 0.29) is 69.6 Å². The molecular formula is C55H90N4O6. The first kappa shape index (κ1) is 47.8. The number of hydrogen-bond donors (Lipinski definition) is 6. The molecule has 366 valence electrons. The molecule has 10 nitrogen and oxygen atoms in total. The van der Waals surface area contributed by atoms with Crippen molar-refractivity contribution in [1.29, 1.82) is 0 Å². The van der Waals surface area contributed by atoms with Gasteiger partial charge in [0, 0.05) is 50.9 Å². The SMILES string of the molecule is C[C@@H]1CCC(=O)NCCNC(=O)CC[C@@H](C)[C@H]2CC[C@H]3[C@@H]4[C@@H](O)C[C@@H]5C[C@@H](CC[C@]5(C)[C@H]4CC[C@]23C)NC(=O)CCCC(=O)N[C@@H]2CC[C@@]3(C)[C@@H](C2)C[C@H](O)[C@@H]2[C@@H]3CC[C@]3(C)[C@@H]1CC[C@@H]23. The third-order valence-electron chi connectivity index (χ3n) is 22.8. The van der Waals surface area contributed by atoms with E-state index in [2.05, 4.69) is 62.8 Å². The predicted octanol–water partition coefficient (Wildman–Crippen LogP) is 8.46. The van der Waals surface area contributed by atoms with E-state index in [9.17, 15) is 29.4 Å². The van der Waals surface area contributed by atoms with Crippen molar-refractivity contribution >= 4 is 23.6 Å². The minimum Gasteiger partial charge on any atom is -0.393 e. The van der Waals surface area contributed by atoms with Gasteiger partial charge in [0.05, 0.1) is 12.2 Å². The molecule has 8 saturated carbocycles. The second kappa shape index (κ2) is 18.6. The molecule has 13 aliphatic rings. The number of rotatable bonds is 0. The van der Waals surface area contributed by atoms with Crippen LogP contribution < -0.4 is 21.3 Å². The van der Waals surface area contributed by atoms with E-state index in [4.69, 9.17) is 0 Å². The van der Waals surface area contributed by atoms with E-state index >= 15 is 0 Å². The topological polar surface area (TPSA) is 157 Å². The summed E-state index contributed by atoms with van der Waals surface area (Å²) in [5, 5.41) is 37.0. The zero-order chi connectivity index (χ0) is 46.1. The smallest absolute Gasteiger partial charge is 0.220 e. The van der Waals surface area contributed by atoms with E-state index in [0.717, 1.165) is 89.9 Å². The predicted molar refractivity (Wildman–Crippen MR) is 254 cm³/mol. The number of aliphatic hydroxyl groups excluding tert-OH is 2. The molecule has 10 heteroatoms. The molecule has 5 saturated heterocycles. The van der Waals surface area contributed by atoms with Crippen LogP contribution in [0.5, 0.6) is 0 Å². The van der Waals surface area contributed by atoms with Crippen molar-refractivity contribution in [1.82, 2.24) is 21.3 Å². The largest absolute Gasteiger partial charge is 0.393 e. The Morgan fingerprint density at radius 1 is 0.431 bits per heavy atom. The highest BCUT2D eigenvalue weighted by atomic mass is 16.3. The van der Waals surface area contributed by atoms with Gasteiger partial charge in [-0.05, 0) is 215 Å². The second-order valence-electron chi connectivity index (χ2n) is 25.7. The molecule has 0 unspecified atom stereocenters. The van der Waals surface area contributed by atoms with Crippen LogP contribution in [0.25, 0.3) is 0 Å². The highest BCUT2D eigenvalue weighted by Gasteiger charge is 2.65. The molecule has 65 heavy (non-hydrogen) atoms. The molecule has 0 aromatic rings. The number of amides is 4. The fraction of sp³-hybridized carbons (Fsp3) is 0.927. The molecule has 0 aromatic heterocycles. The third-order valence-corrected chi connectivity index (χ3v) is 22.8. The lowest BCUT2D eigenvalue weighted by molar-refractivity contribution is -0.167. The van der Waals surface area contributed by atoms with Gasteiger partial charge in [-0.25, -0.2) is 0 Å². The van der Waals surface area contributed by atoms with Gasteiger partial charge in [0.1, 0.15) is 0 Å². The Hall–Kier alpha value is -2.20. The maximum atomic E-state index is 13.4. The Bertz CT molecular complexity index is 1650. The fourth-order valence-electron chi connectivity index (χ4n) is 19.4. The summed E-state index contributed by atoms with van der Waals surface area (Å²) in [4.78, 5) is 53.0. The van der Waals surface area contributed by atoms with Crippen molar-refractivity contribution in [3.8, 4) is 0 Å². The molecular weight excluding hydrogens is 813 g/mol. The molecule has 6 N–H and O–H groups in total. The van der Waals surface area contributed by atoms with Crippen molar-refractivity contribution in [2.45, 2.75) is 214 Å². The standard InChI is InChI=1S/C55H90N4O6/c1-32-10-16-46(62)56-26-27-57-47(63)17-11-33(2)39-13-15-41-51-43(21-25-55(39,41)6)53(4)23-19-37(29-35(53)31-45(51)61)59-49(65)9-7-8-48(64)58-36-18-22-52(3)34(28-36)30-44(60)50-40-14-12-38(32)54(40,5)24-20-42(50)52/h32-45,50-51,60-61H,7-31H2,1-6H3,(H,56,62)(H,57,63)(H,58,64)(H,59,65)/t32-,33-,34+,35+,36-,37-,38-,39-,40+,41+,42+,43+,44+,45+,50+,51+,52+,53+,54-,55-/m1/s1. The first-order valence-corrected chi connectivity index (χ1v) is 27.4. The van der Waals surface area contributed by atoms with Crippen molar-refractivity contribution < 1.29 is 29.4 Å². The average Bonchev–Trinajstić information content (AvgIpc) is 3.81. The Kier molecular flexibility index (Phi) is 13.7. The van der Waals surface area contributed by atoms with Crippen LogP contribution in [0.3, 0.4) is 0 Å². The van der Waals surface area contributed by atoms with Gasteiger partial charge in [-0.2, -0.15) is 0 Å². The Labute approximate surface area is 392 Å². The molecule has 16 bridgehead atoms. The lowest BCUT2D eigenvalue weighted by atomic mass is 9.43. The van der Waals surface area contributed by atoms with Crippen LogP contribution in [-0.2, 0) is 19.2 Å². The van der Waals surface area contributed by atoms with Gasteiger partial charge >= 0.3 is 0 Å². The molecule has 5 aliphatic heterocycles. The number of hydrogen-bond acceptors (Lipinski definition) is 6. The van der Waals surface area contributed by atoms with Gasteiger partial charge in [0.15, 0.2) is 0 Å². The van der Waals surface area contributed by atoms with Gasteiger partial charge in [-0.15, -0.1) is 0 Å². The summed E-state index contributed by atoms with van der Waals surface area (Å²) in [6, 6.07) is 0.249. The van der Waals surface area contributed by atoms with E-state index in [1.807, 2.05) is 0 Å². The number of carbonyl (C=O) groups is 4. The van der Waals surface area contributed by atoms with Gasteiger partial charge in [-0.1, -0.05) is 41.5 Å². The Balaban J connectivity index is 0.857. The van der Waals surface area contributed by atoms with Crippen molar-refractivity contribution in [3.05, 3.63) is 0 Å². The molecule has 13 fully saturated rings. The minimum atomic E-state index is -0.313. The second-order valence-corrected chi connectivity index (χ2v) is 25.7. The van der Waals surface area contributed by atoms with E-state index in [1.165, 1.54) is 25.7 Å². The van der Waals surface area contributed by atoms with Crippen LogP contribution in [-0.4, -0.2) is 71.2 Å². The third kappa shape index (κ3) is 8.76. The monoisotopic (exact) mass is 903 g/mol. The van der Waals surface area contributed by atoms with Crippen molar-refractivity contribution in [2.24, 2.45) is 92.7 Å². The summed E-state index contributed by atoms with van der Waals surface area (Å²) in [5.74, 6) is 5.64. The van der Waals surface area contributed by atoms with E-state index < -0.39 is 0 Å². The van der Waals surface area contributed by atoms with Gasteiger partial charge in [0.2, 0.25) is 23.6 Å². The van der Waals surface area contributed by atoms with Gasteiger partial charge in [-0.3, -0.25) is 19.2 Å². The summed E-state index contributed by atoms with van der Waals surface area (Å²) in [6.07, 6.45) is 20.3. The highest BCUT2D eigenvalue weighted by Crippen LogP contribution is 2.70. The normalized spacial score (nSPS) is 51.3. The highest BCUT2D eigenvalue weighted by molar-refractivity contribution is 5.79. The molecule has 5 heterocycles. The molecule has 8 aliphatic carbocycles. The summed E-state index contributed by atoms with van der Waals surface area (Å²) in [6.45, 7) is 15.6. The zero-order valence-electron chi connectivity index (χ0n) is 41.4. The maximum absolute atomic E-state index is 13.4. The minimum absolute atomic E-state index is 0.0503. The van der Waals surface area contributed by atoms with Gasteiger partial charge < -0.3 is 31.5 Å². The van der Waals surface area contributed by atoms with Gasteiger partial charge in [0.25, 0.3) is 0 Å². The van der Waals surface area contributed by atoms with E-state index in [0.29, 0.717) is 116 Å². The van der Waals surface area contributed by atoms with Crippen molar-refractivity contribution in [3.63, 3.8) is 0 Å². The first-order chi connectivity index (χ1) is 30.9. The van der Waals surface area contributed by atoms with Crippen LogP contribution >= 0.6 is 0 Å². The van der Waals surface area contributed by atoms with Crippen LogP contribution in [0.2, 0.25) is 0 Å². The first-order valence-electron chi connectivity index (χ1n) is 27.4. The maximum Gasteiger partial charge on any atom is 0.220 e. The fourth-order valence-corrected chi connectivity index (χ4v) is 19.4. The Morgan fingerprint density at radius 2 is 0.800 bits per heavy atom. The number of aliphatic hydroxyl groups is 2.